The third kappa shape index (κ3) is 4.27. The minimum atomic E-state index is -0.674. The molecule has 4 rings (SSSR count). The van der Waals surface area contributed by atoms with Gasteiger partial charge in [0, 0.05) is 19.2 Å². The molecule has 32 heavy (non-hydrogen) atoms. The molecular weight excluding hydrogens is 477 g/mol. The van der Waals surface area contributed by atoms with Gasteiger partial charge < -0.3 is 10.5 Å². The number of aromatic nitrogens is 1. The van der Waals surface area contributed by atoms with Crippen LogP contribution in [0.4, 0.5) is 22.3 Å². The van der Waals surface area contributed by atoms with Crippen LogP contribution >= 0.6 is 34.5 Å². The molecule has 2 N–H and O–H groups in total. The molecule has 0 unspecified atom stereocenters. The van der Waals surface area contributed by atoms with E-state index in [0.29, 0.717) is 31.4 Å². The molecule has 1 aliphatic heterocycles. The van der Waals surface area contributed by atoms with Gasteiger partial charge in [0.15, 0.2) is 0 Å². The Balaban J connectivity index is 1.77. The Morgan fingerprint density at radius 2 is 1.88 bits per heavy atom. The number of ether oxygens (including phenoxy) is 1. The molecule has 0 amide bonds. The van der Waals surface area contributed by atoms with Crippen molar-refractivity contribution in [2.75, 3.05) is 37.0 Å². The van der Waals surface area contributed by atoms with Gasteiger partial charge >= 0.3 is 0 Å². The molecule has 0 saturated carbocycles. The SMILES string of the molecule is Nc1nc(N(c2ccccc2)N2CCOCC2)sc1C(=O)c1c(Cl)ccc([N+](=O)[O-])c1Cl. The van der Waals surface area contributed by atoms with Crippen LogP contribution in [0.15, 0.2) is 42.5 Å². The lowest BCUT2D eigenvalue weighted by Crippen LogP contribution is -2.46. The number of benzene rings is 2. The van der Waals surface area contributed by atoms with Gasteiger partial charge in [-0.2, -0.15) is 0 Å². The number of nitrogens with zero attached hydrogens (tertiary/aromatic N) is 4. The molecule has 0 spiro atoms. The molecule has 2 heterocycles. The van der Waals surface area contributed by atoms with Gasteiger partial charge in [-0.25, -0.2) is 15.0 Å². The van der Waals surface area contributed by atoms with Crippen molar-refractivity contribution in [3.63, 3.8) is 0 Å². The summed E-state index contributed by atoms with van der Waals surface area (Å²) in [5, 5.41) is 15.3. The molecule has 3 aromatic rings. The summed E-state index contributed by atoms with van der Waals surface area (Å²) in [7, 11) is 0. The molecule has 1 aliphatic rings. The highest BCUT2D eigenvalue weighted by Crippen LogP contribution is 2.39. The molecule has 0 bridgehead atoms. The van der Waals surface area contributed by atoms with Gasteiger partial charge in [0.2, 0.25) is 10.9 Å². The van der Waals surface area contributed by atoms with Crippen molar-refractivity contribution in [1.82, 2.24) is 9.99 Å². The zero-order valence-corrected chi connectivity index (χ0v) is 18.9. The van der Waals surface area contributed by atoms with Gasteiger partial charge in [0.1, 0.15) is 15.7 Å². The fourth-order valence-corrected chi connectivity index (χ4v) is 4.89. The number of carbonyl (C=O) groups is 1. The predicted molar refractivity (Wildman–Crippen MR) is 124 cm³/mol. The van der Waals surface area contributed by atoms with E-state index >= 15 is 0 Å². The van der Waals surface area contributed by atoms with Crippen LogP contribution in [0.25, 0.3) is 0 Å². The number of ketones is 1. The Bertz CT molecular complexity index is 1170. The van der Waals surface area contributed by atoms with E-state index in [2.05, 4.69) is 9.99 Å². The van der Waals surface area contributed by atoms with E-state index in [1.54, 1.807) is 0 Å². The number of nitro groups is 1. The van der Waals surface area contributed by atoms with Gasteiger partial charge in [0.25, 0.3) is 5.69 Å². The second-order valence-corrected chi connectivity index (χ2v) is 8.53. The summed E-state index contributed by atoms with van der Waals surface area (Å²) >= 11 is 13.4. The van der Waals surface area contributed by atoms with E-state index in [0.717, 1.165) is 23.1 Å². The van der Waals surface area contributed by atoms with Crippen LogP contribution in [0.5, 0.6) is 0 Å². The number of morpholine rings is 1. The molecule has 166 valence electrons. The maximum Gasteiger partial charge on any atom is 0.288 e. The van der Waals surface area contributed by atoms with Crippen molar-refractivity contribution >= 4 is 62.6 Å². The topological polar surface area (TPSA) is 115 Å². The number of hydrogen-bond acceptors (Lipinski definition) is 9. The fourth-order valence-electron chi connectivity index (χ4n) is 3.30. The second-order valence-electron chi connectivity index (χ2n) is 6.77. The number of carbonyl (C=O) groups excluding carboxylic acids is 1. The zero-order chi connectivity index (χ0) is 22.8. The average molecular weight is 494 g/mol. The first-order valence-electron chi connectivity index (χ1n) is 9.49. The highest BCUT2D eigenvalue weighted by Gasteiger charge is 2.30. The molecule has 9 nitrogen and oxygen atoms in total. The van der Waals surface area contributed by atoms with Crippen LogP contribution in [0.2, 0.25) is 10.0 Å². The summed E-state index contributed by atoms with van der Waals surface area (Å²) in [4.78, 5) is 28.4. The first-order chi connectivity index (χ1) is 15.4. The molecule has 1 aromatic heterocycles. The van der Waals surface area contributed by atoms with Gasteiger partial charge in [0.05, 0.1) is 34.4 Å². The van der Waals surface area contributed by atoms with Crippen LogP contribution in [0.1, 0.15) is 15.2 Å². The van der Waals surface area contributed by atoms with Crippen molar-refractivity contribution in [3.05, 3.63) is 73.1 Å². The Hall–Kier alpha value is -2.76. The smallest absolute Gasteiger partial charge is 0.288 e. The number of anilines is 3. The van der Waals surface area contributed by atoms with Crippen LogP contribution in [-0.2, 0) is 4.74 Å². The Morgan fingerprint density at radius 1 is 1.19 bits per heavy atom. The molecule has 2 aromatic carbocycles. The normalized spacial score (nSPS) is 14.3. The number of hydrazine groups is 1. The molecule has 1 fully saturated rings. The second kappa shape index (κ2) is 9.39. The minimum Gasteiger partial charge on any atom is -0.382 e. The van der Waals surface area contributed by atoms with Crippen molar-refractivity contribution in [2.45, 2.75) is 0 Å². The quantitative estimate of drug-likeness (QED) is 0.301. The lowest BCUT2D eigenvalue weighted by atomic mass is 10.1. The summed E-state index contributed by atoms with van der Waals surface area (Å²) in [6.07, 6.45) is 0. The molecule has 0 aliphatic carbocycles. The monoisotopic (exact) mass is 493 g/mol. The van der Waals surface area contributed by atoms with Gasteiger partial charge in [-0.15, -0.1) is 0 Å². The number of nitrogens with two attached hydrogens (primary N) is 1. The fraction of sp³-hybridized carbons (Fsp3) is 0.200. The van der Waals surface area contributed by atoms with Crippen LogP contribution < -0.4 is 10.7 Å². The van der Waals surface area contributed by atoms with Crippen molar-refractivity contribution < 1.29 is 14.5 Å². The third-order valence-corrected chi connectivity index (χ3v) is 6.54. The Morgan fingerprint density at radius 3 is 2.53 bits per heavy atom. The van der Waals surface area contributed by atoms with Crippen molar-refractivity contribution in [1.29, 1.82) is 0 Å². The summed E-state index contributed by atoms with van der Waals surface area (Å²) in [6, 6.07) is 12.0. The van der Waals surface area contributed by atoms with E-state index in [9.17, 15) is 14.9 Å². The van der Waals surface area contributed by atoms with Gasteiger partial charge in [-0.05, 0) is 18.2 Å². The van der Waals surface area contributed by atoms with E-state index < -0.39 is 16.4 Å². The lowest BCUT2D eigenvalue weighted by molar-refractivity contribution is -0.384. The standard InChI is InChI=1S/C20H17Cl2N5O4S/c21-13-6-7-14(27(29)30)16(22)15(13)17(28)18-19(23)24-20(32-18)26(12-4-2-1-3-5-12)25-8-10-31-11-9-25/h1-7H,8-11,23H2. The van der Waals surface area contributed by atoms with E-state index in [1.807, 2.05) is 35.3 Å². The maximum atomic E-state index is 13.3. The van der Waals surface area contributed by atoms with Crippen molar-refractivity contribution in [2.24, 2.45) is 0 Å². The summed E-state index contributed by atoms with van der Waals surface area (Å²) in [5.74, 6) is -0.636. The van der Waals surface area contributed by atoms with Crippen LogP contribution in [0, 0.1) is 10.1 Å². The Kier molecular flexibility index (Phi) is 6.58. The highest BCUT2D eigenvalue weighted by molar-refractivity contribution is 7.18. The van der Waals surface area contributed by atoms with E-state index in [1.165, 1.54) is 6.07 Å². The Labute approximate surface area is 197 Å². The number of nitrogen functional groups attached to an aromatic ring is 1. The van der Waals surface area contributed by atoms with Gasteiger partial charge in [-0.3, -0.25) is 14.9 Å². The molecular formula is C20H17Cl2N5O4S. The zero-order valence-electron chi connectivity index (χ0n) is 16.5. The lowest BCUT2D eigenvalue weighted by Gasteiger charge is -2.36. The number of hydrogen-bond donors (Lipinski definition) is 1. The largest absolute Gasteiger partial charge is 0.382 e. The van der Waals surface area contributed by atoms with Crippen molar-refractivity contribution in [3.8, 4) is 0 Å². The molecule has 0 radical (unpaired) electrons. The number of rotatable bonds is 6. The van der Waals surface area contributed by atoms with Crippen LogP contribution in [0.3, 0.4) is 0 Å². The first kappa shape index (κ1) is 22.4. The molecule has 12 heteroatoms. The minimum absolute atomic E-state index is 0.00644. The van der Waals surface area contributed by atoms with Crippen LogP contribution in [-0.4, -0.2) is 47.0 Å². The van der Waals surface area contributed by atoms with Gasteiger partial charge in [-0.1, -0.05) is 52.7 Å². The maximum absolute atomic E-state index is 13.3. The number of para-hydroxylation sites is 1. The summed E-state index contributed by atoms with van der Waals surface area (Å²) < 4.78 is 5.45. The summed E-state index contributed by atoms with van der Waals surface area (Å²) in [5.41, 5.74) is 6.36. The average Bonchev–Trinajstić information content (AvgIpc) is 3.16. The third-order valence-electron chi connectivity index (χ3n) is 4.80. The number of nitro benzene ring substituents is 1. The molecule has 1 saturated heterocycles. The highest BCUT2D eigenvalue weighted by atomic mass is 35.5. The summed E-state index contributed by atoms with van der Waals surface area (Å²) in [6.45, 7) is 2.35. The molecule has 0 atom stereocenters. The predicted octanol–water partition coefficient (Wildman–Crippen LogP) is 4.56. The first-order valence-corrected chi connectivity index (χ1v) is 11.1. The number of thiazole rings is 1. The van der Waals surface area contributed by atoms with E-state index in [4.69, 9.17) is 33.7 Å². The van der Waals surface area contributed by atoms with E-state index in [-0.39, 0.29) is 26.3 Å². The number of halogens is 2.